The van der Waals surface area contributed by atoms with E-state index in [1.807, 2.05) is 0 Å². The van der Waals surface area contributed by atoms with Gasteiger partial charge in [-0.05, 0) is 44.2 Å². The SMILES string of the molecule is Cc1ccc(C(C)NCC(O)c2cc(Cl)ccc2Cl)s1. The van der Waals surface area contributed by atoms with Crippen LogP contribution in [0.3, 0.4) is 0 Å². The number of hydrogen-bond acceptors (Lipinski definition) is 3. The zero-order valence-corrected chi connectivity index (χ0v) is 13.7. The molecule has 0 fully saturated rings. The highest BCUT2D eigenvalue weighted by Gasteiger charge is 2.14. The molecule has 20 heavy (non-hydrogen) atoms. The van der Waals surface area contributed by atoms with E-state index in [2.05, 4.69) is 31.3 Å². The van der Waals surface area contributed by atoms with E-state index in [9.17, 15) is 5.11 Å². The summed E-state index contributed by atoms with van der Waals surface area (Å²) in [5.41, 5.74) is 0.654. The summed E-state index contributed by atoms with van der Waals surface area (Å²) < 4.78 is 0. The molecule has 2 N–H and O–H groups in total. The third kappa shape index (κ3) is 3.96. The van der Waals surface area contributed by atoms with E-state index in [0.717, 1.165) is 0 Å². The van der Waals surface area contributed by atoms with Crippen molar-refractivity contribution in [3.05, 3.63) is 55.7 Å². The lowest BCUT2D eigenvalue weighted by Crippen LogP contribution is -2.24. The van der Waals surface area contributed by atoms with Gasteiger partial charge in [0.05, 0.1) is 6.10 Å². The quantitative estimate of drug-likeness (QED) is 0.829. The molecule has 0 saturated carbocycles. The summed E-state index contributed by atoms with van der Waals surface area (Å²) in [6, 6.07) is 9.52. The van der Waals surface area contributed by atoms with E-state index < -0.39 is 6.10 Å². The smallest absolute Gasteiger partial charge is 0.0929 e. The van der Waals surface area contributed by atoms with Crippen LogP contribution in [0.1, 0.15) is 34.4 Å². The first kappa shape index (κ1) is 15.8. The normalized spacial score (nSPS) is 14.2. The summed E-state index contributed by atoms with van der Waals surface area (Å²) in [5.74, 6) is 0. The summed E-state index contributed by atoms with van der Waals surface area (Å²) in [6.45, 7) is 4.59. The monoisotopic (exact) mass is 329 g/mol. The number of aliphatic hydroxyl groups excluding tert-OH is 1. The van der Waals surface area contributed by atoms with E-state index in [0.29, 0.717) is 22.2 Å². The lowest BCUT2D eigenvalue weighted by atomic mass is 10.1. The van der Waals surface area contributed by atoms with Gasteiger partial charge in [-0.25, -0.2) is 0 Å². The van der Waals surface area contributed by atoms with Crippen molar-refractivity contribution in [1.29, 1.82) is 0 Å². The van der Waals surface area contributed by atoms with Crippen molar-refractivity contribution in [2.24, 2.45) is 0 Å². The van der Waals surface area contributed by atoms with Crippen LogP contribution in [-0.4, -0.2) is 11.7 Å². The van der Waals surface area contributed by atoms with Crippen LogP contribution < -0.4 is 5.32 Å². The first-order chi connectivity index (χ1) is 9.47. The Labute approximate surface area is 133 Å². The topological polar surface area (TPSA) is 32.3 Å². The van der Waals surface area contributed by atoms with Gasteiger partial charge in [0.1, 0.15) is 0 Å². The second kappa shape index (κ2) is 6.92. The Hall–Kier alpha value is -0.580. The maximum atomic E-state index is 10.2. The van der Waals surface area contributed by atoms with Gasteiger partial charge in [-0.1, -0.05) is 23.2 Å². The van der Waals surface area contributed by atoms with Crippen molar-refractivity contribution >= 4 is 34.5 Å². The van der Waals surface area contributed by atoms with Gasteiger partial charge in [-0.15, -0.1) is 11.3 Å². The third-order valence-corrected chi connectivity index (χ3v) is 4.89. The lowest BCUT2D eigenvalue weighted by Gasteiger charge is -2.17. The van der Waals surface area contributed by atoms with Gasteiger partial charge in [0.25, 0.3) is 0 Å². The molecule has 2 nitrogen and oxygen atoms in total. The molecule has 0 spiro atoms. The summed E-state index contributed by atoms with van der Waals surface area (Å²) in [5, 5.41) is 14.6. The Morgan fingerprint density at radius 1 is 1.25 bits per heavy atom. The van der Waals surface area contributed by atoms with Crippen LogP contribution in [0.15, 0.2) is 30.3 Å². The number of nitrogens with one attached hydrogen (secondary N) is 1. The average molecular weight is 330 g/mol. The zero-order chi connectivity index (χ0) is 14.7. The van der Waals surface area contributed by atoms with Gasteiger partial charge in [-0.2, -0.15) is 0 Å². The van der Waals surface area contributed by atoms with E-state index in [4.69, 9.17) is 23.2 Å². The maximum Gasteiger partial charge on any atom is 0.0929 e. The molecule has 108 valence electrons. The molecule has 0 saturated heterocycles. The first-order valence-electron chi connectivity index (χ1n) is 6.40. The van der Waals surface area contributed by atoms with Crippen molar-refractivity contribution in [1.82, 2.24) is 5.32 Å². The Bertz CT molecular complexity index is 585. The summed E-state index contributed by atoms with van der Waals surface area (Å²) in [4.78, 5) is 2.54. The van der Waals surface area contributed by atoms with E-state index in [1.54, 1.807) is 29.5 Å². The van der Waals surface area contributed by atoms with Crippen LogP contribution in [0.2, 0.25) is 10.0 Å². The number of benzene rings is 1. The molecule has 1 aromatic carbocycles. The molecule has 2 atom stereocenters. The van der Waals surface area contributed by atoms with Crippen LogP contribution in [0.4, 0.5) is 0 Å². The van der Waals surface area contributed by atoms with Gasteiger partial charge < -0.3 is 10.4 Å². The molecule has 0 amide bonds. The number of halogens is 2. The molecule has 0 aliphatic heterocycles. The number of thiophene rings is 1. The molecule has 1 heterocycles. The predicted molar refractivity (Wildman–Crippen MR) is 86.9 cm³/mol. The summed E-state index contributed by atoms with van der Waals surface area (Å²) >= 11 is 13.8. The molecule has 2 unspecified atom stereocenters. The highest BCUT2D eigenvalue weighted by Crippen LogP contribution is 2.27. The number of rotatable bonds is 5. The maximum absolute atomic E-state index is 10.2. The van der Waals surface area contributed by atoms with Gasteiger partial charge in [0, 0.05) is 37.9 Å². The summed E-state index contributed by atoms with van der Waals surface area (Å²) in [7, 11) is 0. The predicted octanol–water partition coefficient (Wildman–Crippen LogP) is 4.75. The largest absolute Gasteiger partial charge is 0.387 e. The van der Waals surface area contributed by atoms with Gasteiger partial charge in [-0.3, -0.25) is 0 Å². The van der Waals surface area contributed by atoms with Crippen molar-refractivity contribution in [2.45, 2.75) is 26.0 Å². The van der Waals surface area contributed by atoms with Crippen molar-refractivity contribution in [3.8, 4) is 0 Å². The molecule has 0 aliphatic rings. The second-order valence-corrected chi connectivity index (χ2v) is 6.92. The minimum Gasteiger partial charge on any atom is -0.387 e. The van der Waals surface area contributed by atoms with Gasteiger partial charge in [0.15, 0.2) is 0 Å². The van der Waals surface area contributed by atoms with Crippen LogP contribution in [0.5, 0.6) is 0 Å². The van der Waals surface area contributed by atoms with Crippen LogP contribution in [0.25, 0.3) is 0 Å². The Kier molecular flexibility index (Phi) is 5.47. The van der Waals surface area contributed by atoms with E-state index >= 15 is 0 Å². The van der Waals surface area contributed by atoms with Gasteiger partial charge in [0.2, 0.25) is 0 Å². The molecular weight excluding hydrogens is 313 g/mol. The first-order valence-corrected chi connectivity index (χ1v) is 7.97. The minimum absolute atomic E-state index is 0.196. The van der Waals surface area contributed by atoms with Crippen molar-refractivity contribution in [3.63, 3.8) is 0 Å². The Morgan fingerprint density at radius 3 is 2.65 bits per heavy atom. The van der Waals surface area contributed by atoms with E-state index in [1.165, 1.54) is 9.75 Å². The number of hydrogen-bond donors (Lipinski definition) is 2. The molecule has 0 aliphatic carbocycles. The molecule has 0 bridgehead atoms. The highest BCUT2D eigenvalue weighted by atomic mass is 35.5. The average Bonchev–Trinajstić information content (AvgIpc) is 2.85. The fourth-order valence-corrected chi connectivity index (χ4v) is 3.28. The Balaban J connectivity index is 1.98. The van der Waals surface area contributed by atoms with Crippen LogP contribution in [0, 0.1) is 6.92 Å². The summed E-state index contributed by atoms with van der Waals surface area (Å²) in [6.07, 6.45) is -0.676. The fraction of sp³-hybridized carbons (Fsp3) is 0.333. The van der Waals surface area contributed by atoms with Gasteiger partial charge >= 0.3 is 0 Å². The van der Waals surface area contributed by atoms with Crippen molar-refractivity contribution < 1.29 is 5.11 Å². The lowest BCUT2D eigenvalue weighted by molar-refractivity contribution is 0.171. The minimum atomic E-state index is -0.676. The standard InChI is InChI=1S/C15H17Cl2NOS/c1-9-3-6-15(20-9)10(2)18-8-14(19)12-7-11(16)4-5-13(12)17/h3-7,10,14,18-19H,8H2,1-2H3. The third-order valence-electron chi connectivity index (χ3n) is 3.12. The number of aliphatic hydroxyl groups is 1. The molecule has 1 aromatic heterocycles. The van der Waals surface area contributed by atoms with Crippen LogP contribution in [-0.2, 0) is 0 Å². The fourth-order valence-electron chi connectivity index (χ4n) is 1.96. The second-order valence-electron chi connectivity index (χ2n) is 4.76. The molecule has 2 rings (SSSR count). The van der Waals surface area contributed by atoms with E-state index in [-0.39, 0.29) is 6.04 Å². The van der Waals surface area contributed by atoms with Crippen LogP contribution >= 0.6 is 34.5 Å². The van der Waals surface area contributed by atoms with Crippen molar-refractivity contribution in [2.75, 3.05) is 6.54 Å². The molecule has 0 radical (unpaired) electrons. The Morgan fingerprint density at radius 2 is 2.00 bits per heavy atom. The molecular formula is C15H17Cl2NOS. The molecule has 2 aromatic rings. The number of aryl methyl sites for hydroxylation is 1. The highest BCUT2D eigenvalue weighted by molar-refractivity contribution is 7.12. The molecule has 5 heteroatoms. The zero-order valence-electron chi connectivity index (χ0n) is 11.4.